The molecule has 6 nitrogen and oxygen atoms in total. The first-order valence-corrected chi connectivity index (χ1v) is 9.87. The van der Waals surface area contributed by atoms with Crippen molar-refractivity contribution in [3.63, 3.8) is 0 Å². The number of hydrogen-bond acceptors (Lipinski definition) is 6. The van der Waals surface area contributed by atoms with Crippen LogP contribution in [-0.4, -0.2) is 30.5 Å². The smallest absolute Gasteiger partial charge is 0.337 e. The molecule has 2 heterocycles. The molecule has 29 heavy (non-hydrogen) atoms. The van der Waals surface area contributed by atoms with Crippen molar-refractivity contribution in [3.8, 4) is 10.8 Å². The first-order chi connectivity index (χ1) is 14.1. The number of ether oxygens (including phenoxy) is 1. The van der Waals surface area contributed by atoms with Crippen LogP contribution in [0.25, 0.3) is 21.0 Å². The molecule has 146 valence electrons. The maximum atomic E-state index is 12.4. The van der Waals surface area contributed by atoms with Crippen LogP contribution in [0.1, 0.15) is 26.5 Å². The number of furan rings is 1. The Morgan fingerprint density at radius 1 is 1.07 bits per heavy atom. The maximum Gasteiger partial charge on any atom is 0.337 e. The Hall–Kier alpha value is -3.45. The summed E-state index contributed by atoms with van der Waals surface area (Å²) in [7, 11) is 1.35. The quantitative estimate of drug-likeness (QED) is 0.483. The SMILES string of the molecule is COC(=O)c1ccc(CCNC(=O)c2ccc(-c3nc4ccccc4s3)o2)cc1. The molecule has 1 amide bonds. The van der Waals surface area contributed by atoms with Crippen LogP contribution in [-0.2, 0) is 11.2 Å². The van der Waals surface area contributed by atoms with Crippen LogP contribution in [0, 0.1) is 0 Å². The summed E-state index contributed by atoms with van der Waals surface area (Å²) in [6, 6.07) is 18.4. The van der Waals surface area contributed by atoms with Gasteiger partial charge in [0.2, 0.25) is 0 Å². The number of methoxy groups -OCH3 is 1. The average molecular weight is 406 g/mol. The lowest BCUT2D eigenvalue weighted by Gasteiger charge is -2.05. The molecule has 0 saturated carbocycles. The molecule has 0 unspecified atom stereocenters. The van der Waals surface area contributed by atoms with Crippen molar-refractivity contribution in [3.05, 3.63) is 77.6 Å². The standard InChI is InChI=1S/C22H18N2O4S/c1-27-22(26)15-8-6-14(7-9-15)12-13-23-20(25)17-10-11-18(28-17)21-24-16-4-2-3-5-19(16)29-21/h2-11H,12-13H2,1H3,(H,23,25). The molecule has 0 atom stereocenters. The van der Waals surface area contributed by atoms with Crippen LogP contribution in [0.5, 0.6) is 0 Å². The van der Waals surface area contributed by atoms with Crippen molar-refractivity contribution in [2.24, 2.45) is 0 Å². The van der Waals surface area contributed by atoms with Gasteiger partial charge in [-0.05, 0) is 48.4 Å². The summed E-state index contributed by atoms with van der Waals surface area (Å²) < 4.78 is 11.5. The predicted octanol–water partition coefficient (Wildman–Crippen LogP) is 4.32. The second kappa shape index (κ2) is 8.28. The van der Waals surface area contributed by atoms with Crippen molar-refractivity contribution >= 4 is 33.4 Å². The summed E-state index contributed by atoms with van der Waals surface area (Å²) >= 11 is 1.53. The van der Waals surface area contributed by atoms with E-state index in [2.05, 4.69) is 15.0 Å². The Kier molecular flexibility index (Phi) is 5.39. The lowest BCUT2D eigenvalue weighted by Crippen LogP contribution is -2.25. The minimum atomic E-state index is -0.369. The zero-order chi connectivity index (χ0) is 20.2. The Bertz CT molecular complexity index is 1130. The van der Waals surface area contributed by atoms with Gasteiger partial charge in [-0.3, -0.25) is 4.79 Å². The summed E-state index contributed by atoms with van der Waals surface area (Å²) in [4.78, 5) is 28.3. The van der Waals surface area contributed by atoms with E-state index in [9.17, 15) is 9.59 Å². The normalized spacial score (nSPS) is 10.8. The highest BCUT2D eigenvalue weighted by Crippen LogP contribution is 2.31. The van der Waals surface area contributed by atoms with Gasteiger partial charge in [-0.25, -0.2) is 9.78 Å². The van der Waals surface area contributed by atoms with Crippen molar-refractivity contribution in [1.82, 2.24) is 10.3 Å². The van der Waals surface area contributed by atoms with Gasteiger partial charge in [0.1, 0.15) is 0 Å². The summed E-state index contributed by atoms with van der Waals surface area (Å²) in [6.07, 6.45) is 0.638. The third-order valence-corrected chi connectivity index (χ3v) is 5.46. The number of hydrogen-bond donors (Lipinski definition) is 1. The molecule has 0 aliphatic heterocycles. The number of thiazole rings is 1. The first kappa shape index (κ1) is 18.9. The molecule has 0 aliphatic rings. The van der Waals surface area contributed by atoms with Crippen molar-refractivity contribution in [1.29, 1.82) is 0 Å². The molecule has 0 aliphatic carbocycles. The van der Waals surface area contributed by atoms with Gasteiger partial charge in [-0.1, -0.05) is 24.3 Å². The lowest BCUT2D eigenvalue weighted by atomic mass is 10.1. The Balaban J connectivity index is 1.35. The summed E-state index contributed by atoms with van der Waals surface area (Å²) in [5, 5.41) is 3.59. The van der Waals surface area contributed by atoms with E-state index in [4.69, 9.17) is 4.42 Å². The van der Waals surface area contributed by atoms with Gasteiger partial charge in [0, 0.05) is 6.54 Å². The zero-order valence-corrected chi connectivity index (χ0v) is 16.5. The van der Waals surface area contributed by atoms with E-state index in [-0.39, 0.29) is 17.6 Å². The molecule has 0 radical (unpaired) electrons. The topological polar surface area (TPSA) is 81.4 Å². The molecular formula is C22H18N2O4S. The second-order valence-corrected chi connectivity index (χ2v) is 7.38. The van der Waals surface area contributed by atoms with Crippen LogP contribution >= 0.6 is 11.3 Å². The number of rotatable bonds is 6. The van der Waals surface area contributed by atoms with E-state index in [1.54, 1.807) is 24.3 Å². The number of aromatic nitrogens is 1. The van der Waals surface area contributed by atoms with Crippen molar-refractivity contribution in [2.45, 2.75) is 6.42 Å². The van der Waals surface area contributed by atoms with Crippen LogP contribution in [0.3, 0.4) is 0 Å². The number of carbonyl (C=O) groups is 2. The highest BCUT2D eigenvalue weighted by Gasteiger charge is 2.14. The molecule has 1 N–H and O–H groups in total. The number of para-hydroxylation sites is 1. The number of nitrogens with zero attached hydrogens (tertiary/aromatic N) is 1. The molecular weight excluding hydrogens is 388 g/mol. The molecule has 0 fully saturated rings. The van der Waals surface area contributed by atoms with E-state index in [0.29, 0.717) is 24.3 Å². The van der Waals surface area contributed by atoms with Crippen LogP contribution in [0.4, 0.5) is 0 Å². The van der Waals surface area contributed by atoms with Gasteiger partial charge >= 0.3 is 5.97 Å². The minimum absolute atomic E-state index is 0.250. The molecule has 2 aromatic carbocycles. The van der Waals surface area contributed by atoms with E-state index < -0.39 is 0 Å². The fourth-order valence-corrected chi connectivity index (χ4v) is 3.81. The zero-order valence-electron chi connectivity index (χ0n) is 15.7. The summed E-state index contributed by atoms with van der Waals surface area (Å²) in [5.41, 5.74) is 2.42. The molecule has 0 spiro atoms. The number of carbonyl (C=O) groups excluding carboxylic acids is 2. The van der Waals surface area contributed by atoms with Crippen LogP contribution < -0.4 is 5.32 Å². The fraction of sp³-hybridized carbons (Fsp3) is 0.136. The Morgan fingerprint density at radius 2 is 1.86 bits per heavy atom. The molecule has 2 aromatic heterocycles. The highest BCUT2D eigenvalue weighted by atomic mass is 32.1. The molecule has 4 rings (SSSR count). The van der Waals surface area contributed by atoms with Gasteiger partial charge < -0.3 is 14.5 Å². The van der Waals surface area contributed by atoms with Crippen molar-refractivity contribution in [2.75, 3.05) is 13.7 Å². The van der Waals surface area contributed by atoms with Gasteiger partial charge in [0.15, 0.2) is 16.5 Å². The predicted molar refractivity (Wildman–Crippen MR) is 111 cm³/mol. The van der Waals surface area contributed by atoms with E-state index in [0.717, 1.165) is 20.8 Å². The van der Waals surface area contributed by atoms with Gasteiger partial charge in [0.25, 0.3) is 5.91 Å². The summed E-state index contributed by atoms with van der Waals surface area (Å²) in [5.74, 6) is 0.185. The van der Waals surface area contributed by atoms with E-state index in [1.165, 1.54) is 18.4 Å². The number of nitrogens with one attached hydrogen (secondary N) is 1. The first-order valence-electron chi connectivity index (χ1n) is 9.05. The third kappa shape index (κ3) is 4.20. The molecule has 0 bridgehead atoms. The van der Waals surface area contributed by atoms with Crippen LogP contribution in [0.2, 0.25) is 0 Å². The number of esters is 1. The Morgan fingerprint density at radius 3 is 2.62 bits per heavy atom. The average Bonchev–Trinajstić information content (AvgIpc) is 3.40. The van der Waals surface area contributed by atoms with E-state index >= 15 is 0 Å². The molecule has 0 saturated heterocycles. The highest BCUT2D eigenvalue weighted by molar-refractivity contribution is 7.21. The molecule has 4 aromatic rings. The Labute approximate surface area is 171 Å². The van der Waals surface area contributed by atoms with Crippen molar-refractivity contribution < 1.29 is 18.7 Å². The lowest BCUT2D eigenvalue weighted by molar-refractivity contribution is 0.0600. The number of amides is 1. The minimum Gasteiger partial charge on any atom is -0.465 e. The van der Waals surface area contributed by atoms with E-state index in [1.807, 2.05) is 36.4 Å². The largest absolute Gasteiger partial charge is 0.465 e. The summed E-state index contributed by atoms with van der Waals surface area (Å²) in [6.45, 7) is 0.452. The third-order valence-electron chi connectivity index (χ3n) is 4.41. The number of benzene rings is 2. The van der Waals surface area contributed by atoms with Gasteiger partial charge in [-0.15, -0.1) is 11.3 Å². The van der Waals surface area contributed by atoms with Gasteiger partial charge in [-0.2, -0.15) is 0 Å². The number of fused-ring (bicyclic) bond motifs is 1. The molecule has 7 heteroatoms. The van der Waals surface area contributed by atoms with Crippen LogP contribution in [0.15, 0.2) is 65.1 Å². The van der Waals surface area contributed by atoms with Gasteiger partial charge in [0.05, 0.1) is 22.9 Å². The monoisotopic (exact) mass is 406 g/mol. The second-order valence-electron chi connectivity index (χ2n) is 6.35. The fourth-order valence-electron chi connectivity index (χ4n) is 2.89. The maximum absolute atomic E-state index is 12.4.